The molecule has 0 fully saturated rings. The van der Waals surface area contributed by atoms with Crippen LogP contribution in [0.2, 0.25) is 0 Å². The zero-order chi connectivity index (χ0) is 57.9. The van der Waals surface area contributed by atoms with Gasteiger partial charge < -0.3 is 9.13 Å². The lowest BCUT2D eigenvalue weighted by Gasteiger charge is -2.35. The van der Waals surface area contributed by atoms with Gasteiger partial charge in [0.05, 0.1) is 41.3 Å². The van der Waals surface area contributed by atoms with E-state index in [0.29, 0.717) is 16.8 Å². The van der Waals surface area contributed by atoms with Crippen molar-refractivity contribution in [1.29, 1.82) is 0 Å². The molecule has 0 unspecified atom stereocenters. The Bertz CT molecular complexity index is 4700. The molecule has 0 atom stereocenters. The molecule has 0 saturated heterocycles. The summed E-state index contributed by atoms with van der Waals surface area (Å²) < 4.78 is 128. The van der Waals surface area contributed by atoms with E-state index < -0.39 is 80.6 Å². The van der Waals surface area contributed by atoms with Crippen LogP contribution in [0.25, 0.3) is 88.4 Å². The van der Waals surface area contributed by atoms with Gasteiger partial charge in [-0.15, -0.1) is 0 Å². The molecule has 2 aromatic heterocycles. The van der Waals surface area contributed by atoms with Crippen molar-refractivity contribution >= 4 is 72.4 Å². The zero-order valence-corrected chi connectivity index (χ0v) is 37.9. The average molecular weight is 909 g/mol. The fraction of sp³-hybridized carbons (Fsp3) is 0. The van der Waals surface area contributed by atoms with Crippen LogP contribution in [0.4, 0.5) is 0 Å². The van der Waals surface area contributed by atoms with Gasteiger partial charge in [-0.2, -0.15) is 0 Å². The van der Waals surface area contributed by atoms with Crippen LogP contribution in [0.3, 0.4) is 0 Å². The van der Waals surface area contributed by atoms with Crippen molar-refractivity contribution in [2.75, 3.05) is 0 Å². The van der Waals surface area contributed by atoms with E-state index in [1.165, 1.54) is 0 Å². The lowest BCUT2D eigenvalue weighted by atomic mass is 9.99. The average Bonchev–Trinajstić information content (AvgIpc) is 2.06. The second-order valence-electron chi connectivity index (χ2n) is 16.9. The van der Waals surface area contributed by atoms with Crippen molar-refractivity contribution in [3.8, 4) is 44.8 Å². The van der Waals surface area contributed by atoms with E-state index in [-0.39, 0.29) is 34.3 Å². The zero-order valence-electron chi connectivity index (χ0n) is 50.9. The summed E-state index contributed by atoms with van der Waals surface area (Å²) in [6.07, 6.45) is 0. The van der Waals surface area contributed by atoms with E-state index in [1.807, 2.05) is 72.8 Å². The Morgan fingerprint density at radius 3 is 1.49 bits per heavy atom. The van der Waals surface area contributed by atoms with E-state index in [9.17, 15) is 2.74 Å². The fourth-order valence-electron chi connectivity index (χ4n) is 10.5. The summed E-state index contributed by atoms with van der Waals surface area (Å²) in [6, 6.07) is 58.2. The molecule has 2 nitrogen and oxygen atoms in total. The largest absolute Gasteiger partial charge is 0.309 e. The first-order chi connectivity index (χ1) is 40.1. The molecule has 324 valence electrons. The first kappa shape index (κ1) is 28.4. The van der Waals surface area contributed by atoms with Gasteiger partial charge in [0.15, 0.2) is 8.07 Å². The molecule has 11 aromatic carbocycles. The first-order valence-corrected chi connectivity index (χ1v) is 24.7. The smallest absolute Gasteiger partial charge is 0.180 e. The van der Waals surface area contributed by atoms with Crippen LogP contribution in [0, 0.1) is 0 Å². The summed E-state index contributed by atoms with van der Waals surface area (Å²) in [7, 11) is -3.32. The van der Waals surface area contributed by atoms with Crippen LogP contribution in [0.5, 0.6) is 0 Å². The van der Waals surface area contributed by atoms with Crippen molar-refractivity contribution in [2.45, 2.75) is 0 Å². The number of rotatable bonds is 9. The van der Waals surface area contributed by atoms with Gasteiger partial charge in [0.2, 0.25) is 0 Å². The number of aromatic nitrogens is 2. The van der Waals surface area contributed by atoms with Gasteiger partial charge in [-0.25, -0.2) is 0 Å². The lowest BCUT2D eigenvalue weighted by Crippen LogP contribution is -2.74. The number of benzene rings is 11. The van der Waals surface area contributed by atoms with E-state index in [0.717, 1.165) is 70.0 Å². The minimum atomic E-state index is -3.32. The molecule has 0 N–H and O–H groups in total. The van der Waals surface area contributed by atoms with Crippen molar-refractivity contribution in [3.63, 3.8) is 0 Å². The summed E-state index contributed by atoms with van der Waals surface area (Å²) in [4.78, 5) is 0. The maximum atomic E-state index is 9.65. The molecule has 13 rings (SSSR count). The minimum absolute atomic E-state index is 0.0450. The Balaban J connectivity index is 1.14. The van der Waals surface area contributed by atoms with Gasteiger partial charge in [-0.05, 0) is 109 Å². The molecule has 0 aliphatic rings. The summed E-state index contributed by atoms with van der Waals surface area (Å²) in [6.45, 7) is 0. The van der Waals surface area contributed by atoms with Crippen LogP contribution >= 0.6 is 0 Å². The van der Waals surface area contributed by atoms with E-state index in [2.05, 4.69) is 112 Å². The maximum absolute atomic E-state index is 9.65. The predicted octanol–water partition coefficient (Wildman–Crippen LogP) is 14.3. The van der Waals surface area contributed by atoms with Crippen molar-refractivity contribution < 1.29 is 19.2 Å². The quantitative estimate of drug-likeness (QED) is 0.101. The molecule has 0 bridgehead atoms. The molecule has 0 saturated carbocycles. The normalized spacial score (nSPS) is 14.6. The molecule has 3 heteroatoms. The standard InChI is InChI=1S/C66H46N2Si/c1-6-22-47(23-7-1)49-26-18-27-50(44-49)51-28-19-29-52(45-51)67-61-43-42-53(68-60-38-17-16-36-58(60)65-57(37-20-39-62(65)68)48-24-8-2-9-25-48)46-59(61)66-63(67)40-21-41-64(66)69(54-30-10-3-11-31-54,55-32-12-4-13-33-55)56-34-14-5-15-35-56/h1-46H/i1D,2D,6D,7D,8D,9D,18D,22D,23D,24D,25D,26D,27D,44D. The molecular formula is C66H46N2Si. The second-order valence-corrected chi connectivity index (χ2v) is 20.7. The van der Waals surface area contributed by atoms with Gasteiger partial charge in [-0.3, -0.25) is 0 Å². The lowest BCUT2D eigenvalue weighted by molar-refractivity contribution is 1.17. The highest BCUT2D eigenvalue weighted by atomic mass is 28.3. The number of nitrogens with zero attached hydrogens (tertiary/aromatic N) is 2. The number of para-hydroxylation sites is 1. The van der Waals surface area contributed by atoms with Crippen LogP contribution in [-0.2, 0) is 0 Å². The third-order valence-electron chi connectivity index (χ3n) is 13.3. The second kappa shape index (κ2) is 16.8. The van der Waals surface area contributed by atoms with Crippen LogP contribution in [-0.4, -0.2) is 17.2 Å². The van der Waals surface area contributed by atoms with Crippen LogP contribution < -0.4 is 20.7 Å². The molecule has 0 radical (unpaired) electrons. The number of fused-ring (bicyclic) bond motifs is 6. The maximum Gasteiger partial charge on any atom is 0.180 e. The summed E-state index contributed by atoms with van der Waals surface area (Å²) in [5.74, 6) is 0. The molecule has 2 heterocycles. The molecule has 13 aromatic rings. The first-order valence-electron chi connectivity index (χ1n) is 29.7. The minimum Gasteiger partial charge on any atom is -0.309 e. The predicted molar refractivity (Wildman–Crippen MR) is 295 cm³/mol. The van der Waals surface area contributed by atoms with Crippen molar-refractivity contribution in [3.05, 3.63) is 279 Å². The van der Waals surface area contributed by atoms with Crippen molar-refractivity contribution in [2.24, 2.45) is 0 Å². The van der Waals surface area contributed by atoms with E-state index >= 15 is 0 Å². The Morgan fingerprint density at radius 1 is 0.319 bits per heavy atom. The molecule has 69 heavy (non-hydrogen) atoms. The SMILES string of the molecule is [2H]c1c([2H])c([2H])c(-c2c([2H])c([2H])c([2H])c(-c3cccc(-n4c5ccc(-n6c7ccccc7c7c(-c8c([2H])c([2H])c([2H])c([2H])c8[2H])cccc76)cc5c5c([Si](c6ccccc6)(c6ccccc6)c6ccccc6)cccc54)c3)c2[2H])c([2H])c1[2H]. The highest BCUT2D eigenvalue weighted by Gasteiger charge is 2.43. The van der Waals surface area contributed by atoms with Gasteiger partial charge in [-0.1, -0.05) is 224 Å². The fourth-order valence-corrected chi connectivity index (χ4v) is 15.5. The summed E-state index contributed by atoms with van der Waals surface area (Å²) in [5, 5.41) is 7.91. The van der Waals surface area contributed by atoms with Crippen molar-refractivity contribution in [1.82, 2.24) is 9.13 Å². The molecule has 0 spiro atoms. The Kier molecular flexibility index (Phi) is 6.94. The highest BCUT2D eigenvalue weighted by molar-refractivity contribution is 7.20. The molecule has 0 amide bonds. The van der Waals surface area contributed by atoms with Gasteiger partial charge in [0, 0.05) is 32.9 Å². The molecular weight excluding hydrogens is 849 g/mol. The monoisotopic (exact) mass is 908 g/mol. The Labute approximate surface area is 423 Å². The summed E-state index contributed by atoms with van der Waals surface area (Å²) in [5.41, 5.74) is 4.79. The summed E-state index contributed by atoms with van der Waals surface area (Å²) >= 11 is 0. The Morgan fingerprint density at radius 2 is 0.826 bits per heavy atom. The third-order valence-corrected chi connectivity index (χ3v) is 18.1. The van der Waals surface area contributed by atoms with Gasteiger partial charge in [0.1, 0.15) is 0 Å². The third kappa shape index (κ3) is 6.62. The number of hydrogen-bond acceptors (Lipinski definition) is 0. The highest BCUT2D eigenvalue weighted by Crippen LogP contribution is 2.41. The number of hydrogen-bond donors (Lipinski definition) is 0. The van der Waals surface area contributed by atoms with Crippen LogP contribution in [0.15, 0.2) is 279 Å². The van der Waals surface area contributed by atoms with Gasteiger partial charge in [0.25, 0.3) is 0 Å². The van der Waals surface area contributed by atoms with Crippen LogP contribution in [0.1, 0.15) is 19.2 Å². The molecule has 0 aliphatic heterocycles. The Hall–Kier alpha value is -8.76. The van der Waals surface area contributed by atoms with E-state index in [1.54, 1.807) is 18.2 Å². The van der Waals surface area contributed by atoms with Gasteiger partial charge >= 0.3 is 0 Å². The topological polar surface area (TPSA) is 9.86 Å². The van der Waals surface area contributed by atoms with E-state index in [4.69, 9.17) is 16.4 Å². The molecule has 0 aliphatic carbocycles.